The molecule has 2 aromatic rings. The molecular formula is C21H23F2N3O3. The second-order valence-electron chi connectivity index (χ2n) is 7.37. The second kappa shape index (κ2) is 8.23. The number of hydrogen-bond donors (Lipinski definition) is 1. The fourth-order valence-corrected chi connectivity index (χ4v) is 3.51. The van der Waals surface area contributed by atoms with E-state index in [-0.39, 0.29) is 5.78 Å². The number of carbonyl (C=O) groups is 3. The third kappa shape index (κ3) is 4.41. The maximum absolute atomic E-state index is 13.9. The third-order valence-electron chi connectivity index (χ3n) is 5.31. The summed E-state index contributed by atoms with van der Waals surface area (Å²) in [4.78, 5) is 42.7. The Labute approximate surface area is 167 Å². The van der Waals surface area contributed by atoms with Gasteiger partial charge >= 0.3 is 0 Å². The summed E-state index contributed by atoms with van der Waals surface area (Å²) >= 11 is 0. The molecule has 2 heterocycles. The van der Waals surface area contributed by atoms with Crippen LogP contribution in [0.1, 0.15) is 37.0 Å². The molecule has 29 heavy (non-hydrogen) atoms. The number of ketones is 1. The van der Waals surface area contributed by atoms with E-state index in [1.54, 1.807) is 38.1 Å². The van der Waals surface area contributed by atoms with E-state index in [9.17, 15) is 23.2 Å². The molecule has 154 valence electrons. The van der Waals surface area contributed by atoms with Crippen LogP contribution in [0.4, 0.5) is 8.78 Å². The summed E-state index contributed by atoms with van der Waals surface area (Å²) in [7, 11) is 0. The molecule has 1 aliphatic rings. The number of Topliss-reactive ketones (excluding diaryl/α,β-unsaturated/α-hetero) is 1. The van der Waals surface area contributed by atoms with Crippen LogP contribution in [0.15, 0.2) is 36.5 Å². The maximum Gasteiger partial charge on any atom is 0.267 e. The van der Waals surface area contributed by atoms with Gasteiger partial charge in [-0.3, -0.25) is 19.4 Å². The lowest BCUT2D eigenvalue weighted by Gasteiger charge is -2.25. The maximum atomic E-state index is 13.9. The molecule has 1 N–H and O–H groups in total. The highest BCUT2D eigenvalue weighted by molar-refractivity contribution is 6.07. The van der Waals surface area contributed by atoms with Gasteiger partial charge in [0.25, 0.3) is 11.8 Å². The monoisotopic (exact) mass is 403 g/mol. The van der Waals surface area contributed by atoms with Crippen LogP contribution in [0.25, 0.3) is 10.9 Å². The van der Waals surface area contributed by atoms with Crippen LogP contribution in [0, 0.1) is 5.92 Å². The van der Waals surface area contributed by atoms with E-state index in [1.807, 2.05) is 0 Å². The lowest BCUT2D eigenvalue weighted by molar-refractivity contribution is -0.138. The van der Waals surface area contributed by atoms with E-state index in [0.29, 0.717) is 22.9 Å². The van der Waals surface area contributed by atoms with Gasteiger partial charge in [0.2, 0.25) is 5.91 Å². The highest BCUT2D eigenvalue weighted by Gasteiger charge is 2.50. The van der Waals surface area contributed by atoms with Crippen molar-refractivity contribution in [1.29, 1.82) is 0 Å². The van der Waals surface area contributed by atoms with E-state index >= 15 is 0 Å². The molecule has 0 spiro atoms. The molecule has 0 aliphatic carbocycles. The number of amides is 2. The zero-order valence-corrected chi connectivity index (χ0v) is 16.3. The van der Waals surface area contributed by atoms with E-state index in [2.05, 4.69) is 10.3 Å². The van der Waals surface area contributed by atoms with Crippen molar-refractivity contribution in [3.8, 4) is 0 Å². The first-order chi connectivity index (χ1) is 13.7. The molecule has 3 rings (SSSR count). The Bertz CT molecular complexity index is 942. The van der Waals surface area contributed by atoms with Crippen LogP contribution in [0.2, 0.25) is 0 Å². The Kier molecular flexibility index (Phi) is 5.91. The lowest BCUT2D eigenvalue weighted by atomic mass is 9.95. The molecule has 1 saturated heterocycles. The summed E-state index contributed by atoms with van der Waals surface area (Å²) in [5.41, 5.74) is 0.965. The SMILES string of the molecule is CCC(C)C(=O)C1CC(F)(F)CN1C(=O)CNC(=O)c1ccnc2ccccc12. The number of carbonyl (C=O) groups excluding carboxylic acids is 3. The van der Waals surface area contributed by atoms with Gasteiger partial charge in [-0.15, -0.1) is 0 Å². The van der Waals surface area contributed by atoms with Gasteiger partial charge in [-0.2, -0.15) is 0 Å². The van der Waals surface area contributed by atoms with Gasteiger partial charge < -0.3 is 10.2 Å². The van der Waals surface area contributed by atoms with E-state index in [0.717, 1.165) is 4.90 Å². The van der Waals surface area contributed by atoms with Crippen molar-refractivity contribution in [1.82, 2.24) is 15.2 Å². The Morgan fingerprint density at radius 1 is 1.28 bits per heavy atom. The van der Waals surface area contributed by atoms with E-state index in [1.165, 1.54) is 12.3 Å². The number of para-hydroxylation sites is 1. The molecule has 2 amide bonds. The van der Waals surface area contributed by atoms with Gasteiger partial charge in [0.05, 0.1) is 30.2 Å². The number of halogens is 2. The topological polar surface area (TPSA) is 79.4 Å². The Morgan fingerprint density at radius 2 is 2.00 bits per heavy atom. The summed E-state index contributed by atoms with van der Waals surface area (Å²) in [6, 6.07) is 7.43. The zero-order chi connectivity index (χ0) is 21.2. The molecule has 0 bridgehead atoms. The molecule has 1 aliphatic heterocycles. The predicted octanol–water partition coefficient (Wildman–Crippen LogP) is 2.82. The molecule has 1 aromatic carbocycles. The summed E-state index contributed by atoms with van der Waals surface area (Å²) in [5.74, 6) is -5.11. The normalized spacial score (nSPS) is 19.2. The summed E-state index contributed by atoms with van der Waals surface area (Å²) < 4.78 is 27.9. The zero-order valence-electron chi connectivity index (χ0n) is 16.3. The highest BCUT2D eigenvalue weighted by atomic mass is 19.3. The van der Waals surface area contributed by atoms with E-state index in [4.69, 9.17) is 0 Å². The van der Waals surface area contributed by atoms with Crippen LogP contribution in [0.5, 0.6) is 0 Å². The van der Waals surface area contributed by atoms with Crippen LogP contribution >= 0.6 is 0 Å². The molecule has 6 nitrogen and oxygen atoms in total. The first-order valence-electron chi connectivity index (χ1n) is 9.56. The Morgan fingerprint density at radius 3 is 2.72 bits per heavy atom. The number of hydrogen-bond acceptors (Lipinski definition) is 4. The molecule has 2 unspecified atom stereocenters. The smallest absolute Gasteiger partial charge is 0.267 e. The summed E-state index contributed by atoms with van der Waals surface area (Å²) in [6.07, 6.45) is 1.32. The minimum absolute atomic E-state index is 0.336. The number of rotatable bonds is 6. The first kappa shape index (κ1) is 20.8. The number of likely N-dealkylation sites (tertiary alicyclic amines) is 1. The minimum atomic E-state index is -3.12. The number of fused-ring (bicyclic) bond motifs is 1. The molecule has 8 heteroatoms. The van der Waals surface area contributed by atoms with Crippen molar-refractivity contribution in [2.75, 3.05) is 13.1 Å². The number of nitrogens with zero attached hydrogens (tertiary/aromatic N) is 2. The number of aromatic nitrogens is 1. The number of pyridine rings is 1. The largest absolute Gasteiger partial charge is 0.343 e. The summed E-state index contributed by atoms with van der Waals surface area (Å²) in [6.45, 7) is 2.18. The second-order valence-corrected chi connectivity index (χ2v) is 7.37. The van der Waals surface area contributed by atoms with E-state index < -0.39 is 49.2 Å². The van der Waals surface area contributed by atoms with Crippen LogP contribution in [0.3, 0.4) is 0 Å². The summed E-state index contributed by atoms with van der Waals surface area (Å²) in [5, 5.41) is 3.11. The van der Waals surface area contributed by atoms with Crippen LogP contribution < -0.4 is 5.32 Å². The average molecular weight is 403 g/mol. The highest BCUT2D eigenvalue weighted by Crippen LogP contribution is 2.34. The molecule has 1 aromatic heterocycles. The lowest BCUT2D eigenvalue weighted by Crippen LogP contribution is -2.47. The fourth-order valence-electron chi connectivity index (χ4n) is 3.51. The number of alkyl halides is 2. The van der Waals surface area contributed by atoms with Gasteiger partial charge in [-0.25, -0.2) is 8.78 Å². The number of nitrogens with one attached hydrogen (secondary N) is 1. The van der Waals surface area contributed by atoms with Crippen molar-refractivity contribution in [2.24, 2.45) is 5.92 Å². The van der Waals surface area contributed by atoms with Gasteiger partial charge in [0.15, 0.2) is 5.78 Å². The quantitative estimate of drug-likeness (QED) is 0.805. The first-order valence-corrected chi connectivity index (χ1v) is 9.56. The van der Waals surface area contributed by atoms with Crippen molar-refractivity contribution >= 4 is 28.5 Å². The van der Waals surface area contributed by atoms with Crippen molar-refractivity contribution in [3.63, 3.8) is 0 Å². The van der Waals surface area contributed by atoms with Crippen LogP contribution in [-0.2, 0) is 9.59 Å². The molecular weight excluding hydrogens is 380 g/mol. The van der Waals surface area contributed by atoms with Gasteiger partial charge in [0.1, 0.15) is 0 Å². The molecule has 1 fully saturated rings. The standard InChI is InChI=1S/C21H23F2N3O3/c1-3-13(2)19(28)17-10-21(22,23)12-26(17)18(27)11-25-20(29)15-8-9-24-16-7-5-4-6-14(15)16/h4-9,13,17H,3,10-12H2,1-2H3,(H,25,29). The fraction of sp³-hybridized carbons (Fsp3) is 0.429. The van der Waals surface area contributed by atoms with Gasteiger partial charge in [0, 0.05) is 23.9 Å². The molecule has 0 saturated carbocycles. The predicted molar refractivity (Wildman–Crippen MR) is 104 cm³/mol. The minimum Gasteiger partial charge on any atom is -0.343 e. The van der Waals surface area contributed by atoms with Gasteiger partial charge in [-0.05, 0) is 18.6 Å². The molecule has 0 radical (unpaired) electrons. The third-order valence-corrected chi connectivity index (χ3v) is 5.31. The average Bonchev–Trinajstić information content (AvgIpc) is 3.05. The van der Waals surface area contributed by atoms with Crippen molar-refractivity contribution < 1.29 is 23.2 Å². The number of benzene rings is 1. The van der Waals surface area contributed by atoms with Gasteiger partial charge in [-0.1, -0.05) is 32.0 Å². The van der Waals surface area contributed by atoms with Crippen molar-refractivity contribution in [2.45, 2.75) is 38.7 Å². The van der Waals surface area contributed by atoms with Crippen LogP contribution in [-0.4, -0.2) is 52.5 Å². The Hall–Kier alpha value is -2.90. The Balaban J connectivity index is 1.72. The molecule has 2 atom stereocenters. The van der Waals surface area contributed by atoms with Crippen molar-refractivity contribution in [3.05, 3.63) is 42.1 Å².